The molecule has 1 aliphatic heterocycles. The molecule has 7 nitrogen and oxygen atoms in total. The maximum atomic E-state index is 14.2. The fourth-order valence-corrected chi connectivity index (χ4v) is 4.80. The number of alkyl carbamates (subject to hydrolysis) is 1. The molecule has 2 fully saturated rings. The average Bonchev–Trinajstić information content (AvgIpc) is 3.09. The van der Waals surface area contributed by atoms with Crippen molar-refractivity contribution in [1.82, 2.24) is 10.2 Å². The summed E-state index contributed by atoms with van der Waals surface area (Å²) < 4.78 is 25.6. The van der Waals surface area contributed by atoms with Crippen molar-refractivity contribution in [1.29, 1.82) is 0 Å². The summed E-state index contributed by atoms with van der Waals surface area (Å²) in [6, 6.07) is 15.6. The minimum Gasteiger partial charge on any atom is -0.485 e. The number of hydrogen-bond donors (Lipinski definition) is 2. The number of rotatable bonds is 5. The Labute approximate surface area is 200 Å². The van der Waals surface area contributed by atoms with E-state index < -0.39 is 35.8 Å². The van der Waals surface area contributed by atoms with Crippen LogP contribution in [0.4, 0.5) is 14.9 Å². The van der Waals surface area contributed by atoms with E-state index in [-0.39, 0.29) is 11.8 Å². The highest BCUT2D eigenvalue weighted by molar-refractivity contribution is 5.68. The second-order valence-corrected chi connectivity index (χ2v) is 9.91. The summed E-state index contributed by atoms with van der Waals surface area (Å²) in [5.74, 6) is -0.386. The van der Waals surface area contributed by atoms with E-state index >= 15 is 0 Å². The molecular weight excluding hydrogens is 437 g/mol. The SMILES string of the molecule is CC(C)(C)OC(=O)N[C@@H]1C[C@@H](Oc2ccccc2F)[C@H](O)[C@H]1N1CCN(c2ccccc2)CC1. The molecular formula is C26H34FN3O4. The molecule has 0 bridgehead atoms. The molecule has 1 heterocycles. The van der Waals surface area contributed by atoms with E-state index in [2.05, 4.69) is 27.2 Å². The van der Waals surface area contributed by atoms with Gasteiger partial charge in [0.2, 0.25) is 0 Å². The largest absolute Gasteiger partial charge is 0.485 e. The number of piperazine rings is 1. The molecule has 34 heavy (non-hydrogen) atoms. The van der Waals surface area contributed by atoms with Crippen molar-refractivity contribution in [2.24, 2.45) is 0 Å². The molecule has 2 N–H and O–H groups in total. The van der Waals surface area contributed by atoms with Crippen molar-refractivity contribution in [3.05, 3.63) is 60.4 Å². The van der Waals surface area contributed by atoms with Gasteiger partial charge in [-0.05, 0) is 45.0 Å². The number of halogens is 1. The van der Waals surface area contributed by atoms with Gasteiger partial charge in [-0.25, -0.2) is 9.18 Å². The van der Waals surface area contributed by atoms with Crippen LogP contribution >= 0.6 is 0 Å². The fraction of sp³-hybridized carbons (Fsp3) is 0.500. The highest BCUT2D eigenvalue weighted by atomic mass is 19.1. The Morgan fingerprint density at radius 2 is 1.68 bits per heavy atom. The predicted molar refractivity (Wildman–Crippen MR) is 129 cm³/mol. The average molecular weight is 472 g/mol. The zero-order valence-electron chi connectivity index (χ0n) is 20.0. The minimum absolute atomic E-state index is 0.0946. The molecule has 1 saturated carbocycles. The molecule has 184 valence electrons. The summed E-state index contributed by atoms with van der Waals surface area (Å²) in [6.07, 6.45) is -1.75. The van der Waals surface area contributed by atoms with Crippen LogP contribution in [0, 0.1) is 5.82 Å². The van der Waals surface area contributed by atoms with Gasteiger partial charge in [-0.2, -0.15) is 0 Å². The summed E-state index contributed by atoms with van der Waals surface area (Å²) >= 11 is 0. The Morgan fingerprint density at radius 1 is 1.03 bits per heavy atom. The number of aliphatic hydroxyl groups is 1. The van der Waals surface area contributed by atoms with Gasteiger partial charge in [0.05, 0.1) is 12.1 Å². The zero-order valence-corrected chi connectivity index (χ0v) is 20.0. The van der Waals surface area contributed by atoms with Crippen molar-refractivity contribution in [2.45, 2.75) is 57.1 Å². The third-order valence-corrected chi connectivity index (χ3v) is 6.30. The van der Waals surface area contributed by atoms with Crippen LogP contribution in [0.15, 0.2) is 54.6 Å². The molecule has 0 aromatic heterocycles. The molecule has 0 unspecified atom stereocenters. The molecule has 0 radical (unpaired) electrons. The van der Waals surface area contributed by atoms with Crippen LogP contribution in [-0.2, 0) is 4.74 Å². The highest BCUT2D eigenvalue weighted by Gasteiger charge is 2.48. The molecule has 2 aromatic rings. The number of ether oxygens (including phenoxy) is 2. The number of amides is 1. The molecule has 2 aliphatic rings. The van der Waals surface area contributed by atoms with E-state index in [9.17, 15) is 14.3 Å². The molecule has 4 atom stereocenters. The summed E-state index contributed by atoms with van der Waals surface area (Å²) in [5, 5.41) is 14.2. The Bertz CT molecular complexity index is 960. The lowest BCUT2D eigenvalue weighted by Gasteiger charge is -2.42. The standard InChI is InChI=1S/C26H34FN3O4/c1-26(2,3)34-25(32)28-20-17-22(33-21-12-8-7-11-19(21)27)24(31)23(20)30-15-13-29(14-16-30)18-9-5-4-6-10-18/h4-12,20,22-24,31H,13-17H2,1-3H3,(H,28,32)/t20-,22-,23+,24+/m1/s1. The number of aliphatic hydroxyl groups excluding tert-OH is 1. The maximum absolute atomic E-state index is 14.2. The minimum atomic E-state index is -0.900. The van der Waals surface area contributed by atoms with E-state index in [1.165, 1.54) is 11.8 Å². The van der Waals surface area contributed by atoms with Gasteiger partial charge in [-0.15, -0.1) is 0 Å². The number of para-hydroxylation sites is 2. The number of benzene rings is 2. The zero-order chi connectivity index (χ0) is 24.3. The Kier molecular flexibility index (Phi) is 7.28. The van der Waals surface area contributed by atoms with Crippen molar-refractivity contribution >= 4 is 11.8 Å². The summed E-state index contributed by atoms with van der Waals surface area (Å²) in [6.45, 7) is 8.45. The first-order chi connectivity index (χ1) is 16.2. The first kappa shape index (κ1) is 24.3. The van der Waals surface area contributed by atoms with Gasteiger partial charge >= 0.3 is 6.09 Å². The van der Waals surface area contributed by atoms with E-state index in [1.807, 2.05) is 18.2 Å². The second-order valence-electron chi connectivity index (χ2n) is 9.91. The second kappa shape index (κ2) is 10.2. The maximum Gasteiger partial charge on any atom is 0.407 e. The Hall–Kier alpha value is -2.84. The van der Waals surface area contributed by atoms with Gasteiger partial charge in [0.1, 0.15) is 17.8 Å². The summed E-state index contributed by atoms with van der Waals surface area (Å²) in [5.41, 5.74) is 0.527. The molecule has 1 saturated heterocycles. The van der Waals surface area contributed by atoms with E-state index in [0.717, 1.165) is 26.2 Å². The van der Waals surface area contributed by atoms with Crippen LogP contribution in [-0.4, -0.2) is 72.2 Å². The summed E-state index contributed by atoms with van der Waals surface area (Å²) in [4.78, 5) is 17.1. The lowest BCUT2D eigenvalue weighted by Crippen LogP contribution is -2.59. The van der Waals surface area contributed by atoms with Gasteiger partial charge in [0, 0.05) is 38.3 Å². The number of carbonyl (C=O) groups excluding carboxylic acids is 1. The number of hydrogen-bond acceptors (Lipinski definition) is 6. The van der Waals surface area contributed by atoms with Crippen LogP contribution < -0.4 is 15.0 Å². The van der Waals surface area contributed by atoms with Crippen molar-refractivity contribution in [2.75, 3.05) is 31.1 Å². The van der Waals surface area contributed by atoms with Crippen molar-refractivity contribution in [3.63, 3.8) is 0 Å². The van der Waals surface area contributed by atoms with Crippen LogP contribution in [0.3, 0.4) is 0 Å². The number of nitrogens with one attached hydrogen (secondary N) is 1. The highest BCUT2D eigenvalue weighted by Crippen LogP contribution is 2.31. The van der Waals surface area contributed by atoms with Crippen molar-refractivity contribution < 1.29 is 23.8 Å². The lowest BCUT2D eigenvalue weighted by molar-refractivity contribution is 0.00276. The van der Waals surface area contributed by atoms with Crippen molar-refractivity contribution in [3.8, 4) is 5.75 Å². The number of nitrogens with zero attached hydrogens (tertiary/aromatic N) is 2. The normalized spacial score (nSPS) is 25.7. The van der Waals surface area contributed by atoms with Gasteiger partial charge in [0.25, 0.3) is 0 Å². The predicted octanol–water partition coefficient (Wildman–Crippen LogP) is 3.42. The first-order valence-electron chi connectivity index (χ1n) is 11.8. The molecule has 0 spiro atoms. The van der Waals surface area contributed by atoms with E-state index in [1.54, 1.807) is 39.0 Å². The Balaban J connectivity index is 1.48. The van der Waals surface area contributed by atoms with Crippen LogP contribution in [0.5, 0.6) is 5.75 Å². The molecule has 8 heteroatoms. The number of carbonyl (C=O) groups is 1. The van der Waals surface area contributed by atoms with E-state index in [4.69, 9.17) is 9.47 Å². The van der Waals surface area contributed by atoms with Crippen LogP contribution in [0.2, 0.25) is 0 Å². The third-order valence-electron chi connectivity index (χ3n) is 6.30. The quantitative estimate of drug-likeness (QED) is 0.696. The molecule has 4 rings (SSSR count). The monoisotopic (exact) mass is 471 g/mol. The summed E-state index contributed by atoms with van der Waals surface area (Å²) in [7, 11) is 0. The van der Waals surface area contributed by atoms with Crippen LogP contribution in [0.25, 0.3) is 0 Å². The van der Waals surface area contributed by atoms with Crippen LogP contribution in [0.1, 0.15) is 27.2 Å². The van der Waals surface area contributed by atoms with Gasteiger partial charge in [-0.3, -0.25) is 4.90 Å². The molecule has 1 aliphatic carbocycles. The topological polar surface area (TPSA) is 74.3 Å². The first-order valence-corrected chi connectivity index (χ1v) is 11.8. The fourth-order valence-electron chi connectivity index (χ4n) is 4.80. The van der Waals surface area contributed by atoms with E-state index in [0.29, 0.717) is 6.42 Å². The third kappa shape index (κ3) is 5.80. The van der Waals surface area contributed by atoms with Gasteiger partial charge in [0.15, 0.2) is 11.6 Å². The lowest BCUT2D eigenvalue weighted by atomic mass is 10.1. The molecule has 1 amide bonds. The smallest absolute Gasteiger partial charge is 0.407 e. The number of anilines is 1. The van der Waals surface area contributed by atoms with Gasteiger partial charge < -0.3 is 24.8 Å². The van der Waals surface area contributed by atoms with Gasteiger partial charge in [-0.1, -0.05) is 30.3 Å². The molecule has 2 aromatic carbocycles. The Morgan fingerprint density at radius 3 is 2.32 bits per heavy atom.